The molecule has 1 aliphatic rings. The molecule has 2 amide bonds. The van der Waals surface area contributed by atoms with E-state index in [9.17, 15) is 14.0 Å². The Kier molecular flexibility index (Phi) is 7.57. The second-order valence-electron chi connectivity index (χ2n) is 7.07. The first-order chi connectivity index (χ1) is 12.4. The fourth-order valence-electron chi connectivity index (χ4n) is 3.55. The molecule has 6 heteroatoms. The Bertz CT molecular complexity index is 617. The molecule has 144 valence electrons. The molecular formula is C20H30FN3O2. The molecule has 0 heterocycles. The number of carbonyl (C=O) groups excluding carboxylic acids is 2. The summed E-state index contributed by atoms with van der Waals surface area (Å²) in [5.74, 6) is -0.593. The Morgan fingerprint density at radius 1 is 1.27 bits per heavy atom. The van der Waals surface area contributed by atoms with Gasteiger partial charge in [-0.3, -0.25) is 14.5 Å². The van der Waals surface area contributed by atoms with E-state index in [0.29, 0.717) is 18.3 Å². The van der Waals surface area contributed by atoms with Crippen molar-refractivity contribution in [1.82, 2.24) is 9.80 Å². The van der Waals surface area contributed by atoms with E-state index in [1.54, 1.807) is 24.1 Å². The van der Waals surface area contributed by atoms with Crippen LogP contribution in [0.3, 0.4) is 0 Å². The van der Waals surface area contributed by atoms with Gasteiger partial charge in [-0.05, 0) is 51.9 Å². The molecular weight excluding hydrogens is 333 g/mol. The molecule has 0 unspecified atom stereocenters. The lowest BCUT2D eigenvalue weighted by molar-refractivity contribution is -0.139. The van der Waals surface area contributed by atoms with Crippen molar-refractivity contribution in [3.8, 4) is 0 Å². The summed E-state index contributed by atoms with van der Waals surface area (Å²) in [6, 6.07) is 5.72. The fourth-order valence-corrected chi connectivity index (χ4v) is 3.55. The van der Waals surface area contributed by atoms with Crippen molar-refractivity contribution < 1.29 is 14.0 Å². The highest BCUT2D eigenvalue weighted by atomic mass is 19.1. The zero-order valence-corrected chi connectivity index (χ0v) is 16.0. The number of carbonyl (C=O) groups is 2. The minimum Gasteiger partial charge on any atom is -0.339 e. The summed E-state index contributed by atoms with van der Waals surface area (Å²) in [5, 5.41) is 2.67. The van der Waals surface area contributed by atoms with Gasteiger partial charge in [0, 0.05) is 18.3 Å². The van der Waals surface area contributed by atoms with Gasteiger partial charge in [0.2, 0.25) is 11.8 Å². The highest BCUT2D eigenvalue weighted by Gasteiger charge is 2.29. The van der Waals surface area contributed by atoms with Crippen molar-refractivity contribution in [2.24, 2.45) is 0 Å². The number of halogens is 1. The number of anilines is 1. The first kappa shape index (κ1) is 20.4. The van der Waals surface area contributed by atoms with Crippen LogP contribution in [0.25, 0.3) is 0 Å². The maximum atomic E-state index is 13.2. The van der Waals surface area contributed by atoms with Crippen LogP contribution in [-0.4, -0.2) is 53.8 Å². The van der Waals surface area contributed by atoms with Crippen molar-refractivity contribution in [1.29, 1.82) is 0 Å². The van der Waals surface area contributed by atoms with E-state index in [4.69, 9.17) is 0 Å². The first-order valence-electron chi connectivity index (χ1n) is 9.48. The number of benzene rings is 1. The Morgan fingerprint density at radius 3 is 2.58 bits per heavy atom. The van der Waals surface area contributed by atoms with E-state index in [1.165, 1.54) is 31.4 Å². The van der Waals surface area contributed by atoms with Crippen LogP contribution in [0, 0.1) is 5.82 Å². The van der Waals surface area contributed by atoms with E-state index in [0.717, 1.165) is 12.8 Å². The first-order valence-corrected chi connectivity index (χ1v) is 9.48. The highest BCUT2D eigenvalue weighted by molar-refractivity contribution is 5.92. The Balaban J connectivity index is 1.91. The minimum atomic E-state index is -0.397. The molecule has 26 heavy (non-hydrogen) atoms. The third kappa shape index (κ3) is 5.53. The maximum Gasteiger partial charge on any atom is 0.239 e. The lowest BCUT2D eigenvalue weighted by Gasteiger charge is -2.37. The summed E-state index contributed by atoms with van der Waals surface area (Å²) in [4.78, 5) is 28.8. The van der Waals surface area contributed by atoms with Crippen LogP contribution in [0.1, 0.15) is 46.0 Å². The summed E-state index contributed by atoms with van der Waals surface area (Å²) in [5.41, 5.74) is 0.416. The molecule has 0 spiro atoms. The van der Waals surface area contributed by atoms with Gasteiger partial charge in [-0.15, -0.1) is 0 Å². The van der Waals surface area contributed by atoms with Gasteiger partial charge in [-0.1, -0.05) is 25.3 Å². The molecule has 0 radical (unpaired) electrons. The van der Waals surface area contributed by atoms with E-state index in [2.05, 4.69) is 5.32 Å². The van der Waals surface area contributed by atoms with Crippen molar-refractivity contribution >= 4 is 17.5 Å². The Morgan fingerprint density at radius 2 is 1.96 bits per heavy atom. The summed E-state index contributed by atoms with van der Waals surface area (Å²) >= 11 is 0. The standard InChI is InChI=1S/C20H30FN3O2/c1-4-24(18-11-6-5-7-12-18)20(26)15(2)23(3)14-19(25)22-17-10-8-9-16(21)13-17/h8-10,13,15,18H,4-7,11-12,14H2,1-3H3,(H,22,25)/t15-/m1/s1. The van der Waals surface area contributed by atoms with Crippen molar-refractivity contribution in [3.05, 3.63) is 30.1 Å². The fraction of sp³-hybridized carbons (Fsp3) is 0.600. The molecule has 1 fully saturated rings. The van der Waals surface area contributed by atoms with Crippen molar-refractivity contribution in [2.75, 3.05) is 25.5 Å². The molecule has 1 N–H and O–H groups in total. The Labute approximate surface area is 155 Å². The van der Waals surface area contributed by atoms with Gasteiger partial charge in [-0.2, -0.15) is 0 Å². The minimum absolute atomic E-state index is 0.0699. The van der Waals surface area contributed by atoms with Crippen LogP contribution in [0.15, 0.2) is 24.3 Å². The third-order valence-corrected chi connectivity index (χ3v) is 5.16. The third-order valence-electron chi connectivity index (χ3n) is 5.16. The van der Waals surface area contributed by atoms with E-state index >= 15 is 0 Å². The molecule has 2 rings (SSSR count). The molecule has 1 atom stereocenters. The average Bonchev–Trinajstić information content (AvgIpc) is 2.62. The van der Waals surface area contributed by atoms with Crippen molar-refractivity contribution in [2.45, 2.75) is 58.0 Å². The van der Waals surface area contributed by atoms with Crippen LogP contribution < -0.4 is 5.32 Å². The van der Waals surface area contributed by atoms with E-state index in [1.807, 2.05) is 18.7 Å². The van der Waals surface area contributed by atoms with Crippen LogP contribution >= 0.6 is 0 Å². The van der Waals surface area contributed by atoms with Crippen LogP contribution in [0.2, 0.25) is 0 Å². The second kappa shape index (κ2) is 9.67. The number of nitrogens with zero attached hydrogens (tertiary/aromatic N) is 2. The highest BCUT2D eigenvalue weighted by Crippen LogP contribution is 2.23. The van der Waals surface area contributed by atoms with E-state index < -0.39 is 5.82 Å². The molecule has 0 saturated heterocycles. The predicted molar refractivity (Wildman–Crippen MR) is 101 cm³/mol. The Hall–Kier alpha value is -1.95. The predicted octanol–water partition coefficient (Wildman–Crippen LogP) is 3.27. The largest absolute Gasteiger partial charge is 0.339 e. The quantitative estimate of drug-likeness (QED) is 0.809. The number of hydrogen-bond acceptors (Lipinski definition) is 3. The lowest BCUT2D eigenvalue weighted by atomic mass is 9.93. The summed E-state index contributed by atoms with van der Waals surface area (Å²) in [7, 11) is 1.77. The average molecular weight is 363 g/mol. The molecule has 5 nitrogen and oxygen atoms in total. The topological polar surface area (TPSA) is 52.7 Å². The van der Waals surface area contributed by atoms with Gasteiger partial charge in [0.1, 0.15) is 5.82 Å². The number of amides is 2. The summed E-state index contributed by atoms with van der Waals surface area (Å²) < 4.78 is 13.2. The maximum absolute atomic E-state index is 13.2. The van der Waals surface area contributed by atoms with E-state index in [-0.39, 0.29) is 24.4 Å². The normalized spacial score (nSPS) is 16.3. The molecule has 0 bridgehead atoms. The molecule has 1 aromatic carbocycles. The number of nitrogens with one attached hydrogen (secondary N) is 1. The second-order valence-corrected chi connectivity index (χ2v) is 7.07. The van der Waals surface area contributed by atoms with Gasteiger partial charge < -0.3 is 10.2 Å². The van der Waals surface area contributed by atoms with Crippen LogP contribution in [-0.2, 0) is 9.59 Å². The smallest absolute Gasteiger partial charge is 0.239 e. The molecule has 1 saturated carbocycles. The molecule has 0 aliphatic heterocycles. The number of likely N-dealkylation sites (N-methyl/N-ethyl adjacent to an activating group) is 2. The van der Waals surface area contributed by atoms with Crippen LogP contribution in [0.5, 0.6) is 0 Å². The van der Waals surface area contributed by atoms with Gasteiger partial charge in [-0.25, -0.2) is 4.39 Å². The molecule has 0 aromatic heterocycles. The lowest BCUT2D eigenvalue weighted by Crippen LogP contribution is -2.51. The van der Waals surface area contributed by atoms with Gasteiger partial charge in [0.05, 0.1) is 12.6 Å². The molecule has 1 aliphatic carbocycles. The summed E-state index contributed by atoms with van der Waals surface area (Å²) in [6.07, 6.45) is 5.73. The van der Waals surface area contributed by atoms with Gasteiger partial charge >= 0.3 is 0 Å². The summed E-state index contributed by atoms with van der Waals surface area (Å²) in [6.45, 7) is 4.61. The van der Waals surface area contributed by atoms with Crippen LogP contribution in [0.4, 0.5) is 10.1 Å². The monoisotopic (exact) mass is 363 g/mol. The SMILES string of the molecule is CCN(C(=O)[C@@H](C)N(C)CC(=O)Nc1cccc(F)c1)C1CCCCC1. The zero-order chi connectivity index (χ0) is 19.1. The number of rotatable bonds is 7. The zero-order valence-electron chi connectivity index (χ0n) is 16.0. The van der Waals surface area contributed by atoms with Gasteiger partial charge in [0.25, 0.3) is 0 Å². The number of hydrogen-bond donors (Lipinski definition) is 1. The van der Waals surface area contributed by atoms with Gasteiger partial charge in [0.15, 0.2) is 0 Å². The van der Waals surface area contributed by atoms with Crippen molar-refractivity contribution in [3.63, 3.8) is 0 Å². The molecule has 1 aromatic rings.